The Kier molecular flexibility index (Phi) is 4.17. The molecule has 1 aromatic carbocycles. The summed E-state index contributed by atoms with van der Waals surface area (Å²) in [6, 6.07) is 7.80. The lowest BCUT2D eigenvalue weighted by Gasteiger charge is -2.26. The Morgan fingerprint density at radius 2 is 2.12 bits per heavy atom. The predicted octanol–water partition coefficient (Wildman–Crippen LogP) is 3.37. The summed E-state index contributed by atoms with van der Waals surface area (Å²) < 4.78 is 14.0. The van der Waals surface area contributed by atoms with Gasteiger partial charge in [-0.2, -0.15) is 0 Å². The van der Waals surface area contributed by atoms with E-state index in [2.05, 4.69) is 26.4 Å². The van der Waals surface area contributed by atoms with Crippen molar-refractivity contribution in [2.24, 2.45) is 0 Å². The van der Waals surface area contributed by atoms with Crippen molar-refractivity contribution in [1.29, 1.82) is 0 Å². The number of aromatic nitrogens is 4. The number of para-hydroxylation sites is 2. The number of imidazole rings is 2. The highest BCUT2D eigenvalue weighted by Gasteiger charge is 2.21. The van der Waals surface area contributed by atoms with Gasteiger partial charge in [-0.1, -0.05) is 19.1 Å². The van der Waals surface area contributed by atoms with E-state index in [9.17, 15) is 0 Å². The van der Waals surface area contributed by atoms with Crippen LogP contribution >= 0.6 is 0 Å². The van der Waals surface area contributed by atoms with Crippen LogP contribution in [0.2, 0.25) is 0 Å². The van der Waals surface area contributed by atoms with E-state index in [1.54, 1.807) is 0 Å². The number of ether oxygens (including phenoxy) is 2. The van der Waals surface area contributed by atoms with Gasteiger partial charge in [0.2, 0.25) is 0 Å². The summed E-state index contributed by atoms with van der Waals surface area (Å²) in [5.41, 5.74) is 1.98. The van der Waals surface area contributed by atoms with Gasteiger partial charge in [0.1, 0.15) is 24.2 Å². The molecule has 0 saturated heterocycles. The largest absolute Gasteiger partial charge is 0.486 e. The molecule has 1 N–H and O–H groups in total. The van der Waals surface area contributed by atoms with Crippen molar-refractivity contribution in [1.82, 2.24) is 19.5 Å². The number of rotatable bonds is 5. The summed E-state index contributed by atoms with van der Waals surface area (Å²) in [6.45, 7) is 5.50. The first-order chi connectivity index (χ1) is 12.2. The summed E-state index contributed by atoms with van der Waals surface area (Å²) in [5.74, 6) is 3.52. The van der Waals surface area contributed by atoms with E-state index in [0.717, 1.165) is 53.9 Å². The fraction of sp³-hybridized carbons (Fsp3) is 0.368. The monoisotopic (exact) mass is 338 g/mol. The normalized spacial score (nSPS) is 16.2. The van der Waals surface area contributed by atoms with E-state index < -0.39 is 0 Å². The van der Waals surface area contributed by atoms with Crippen LogP contribution in [0.25, 0.3) is 11.5 Å². The molecular weight excluding hydrogens is 316 g/mol. The van der Waals surface area contributed by atoms with Crippen LogP contribution in [0.4, 0.5) is 0 Å². The first kappa shape index (κ1) is 15.7. The van der Waals surface area contributed by atoms with Gasteiger partial charge < -0.3 is 19.0 Å². The van der Waals surface area contributed by atoms with Crippen LogP contribution in [-0.2, 0) is 13.0 Å². The van der Waals surface area contributed by atoms with Gasteiger partial charge >= 0.3 is 0 Å². The molecule has 0 spiro atoms. The van der Waals surface area contributed by atoms with E-state index in [4.69, 9.17) is 9.47 Å². The molecular formula is C19H22N4O2. The third-order valence-electron chi connectivity index (χ3n) is 4.46. The minimum atomic E-state index is 0.0385. The van der Waals surface area contributed by atoms with Crippen LogP contribution in [0.3, 0.4) is 0 Å². The Bertz CT molecular complexity index is 868. The molecule has 0 fully saturated rings. The van der Waals surface area contributed by atoms with Crippen LogP contribution in [0.1, 0.15) is 24.9 Å². The molecule has 6 nitrogen and oxygen atoms in total. The van der Waals surface area contributed by atoms with Crippen molar-refractivity contribution in [3.63, 3.8) is 0 Å². The van der Waals surface area contributed by atoms with Crippen LogP contribution < -0.4 is 9.47 Å². The van der Waals surface area contributed by atoms with Gasteiger partial charge in [-0.15, -0.1) is 0 Å². The highest BCUT2D eigenvalue weighted by molar-refractivity contribution is 5.53. The Balaban J connectivity index is 1.46. The van der Waals surface area contributed by atoms with Crippen molar-refractivity contribution in [2.75, 3.05) is 6.61 Å². The average Bonchev–Trinajstić information content (AvgIpc) is 3.25. The van der Waals surface area contributed by atoms with Gasteiger partial charge in [0.05, 0.1) is 0 Å². The van der Waals surface area contributed by atoms with Crippen molar-refractivity contribution in [3.8, 4) is 23.0 Å². The van der Waals surface area contributed by atoms with Crippen LogP contribution in [0, 0.1) is 6.92 Å². The molecule has 6 heteroatoms. The highest BCUT2D eigenvalue weighted by atomic mass is 16.6. The van der Waals surface area contributed by atoms with E-state index in [-0.39, 0.29) is 6.10 Å². The number of hydrogen-bond donors (Lipinski definition) is 1. The van der Waals surface area contributed by atoms with Crippen LogP contribution in [-0.4, -0.2) is 32.2 Å². The summed E-state index contributed by atoms with van der Waals surface area (Å²) in [6.07, 6.45) is 5.59. The predicted molar refractivity (Wildman–Crippen MR) is 94.9 cm³/mol. The molecule has 0 unspecified atom stereocenters. The van der Waals surface area contributed by atoms with E-state index in [1.165, 1.54) is 0 Å². The SMILES string of the molecule is CCc1nc(-c2nccn2CC[C@@H]2COc3ccccc3O2)c(C)[nH]1. The molecule has 2 aromatic heterocycles. The quantitative estimate of drug-likeness (QED) is 0.774. The topological polar surface area (TPSA) is 65.0 Å². The molecule has 0 saturated carbocycles. The number of fused-ring (bicyclic) bond motifs is 1. The summed E-state index contributed by atoms with van der Waals surface area (Å²) in [5, 5.41) is 0. The lowest BCUT2D eigenvalue weighted by molar-refractivity contribution is 0.0817. The lowest BCUT2D eigenvalue weighted by Crippen LogP contribution is -2.30. The number of aromatic amines is 1. The molecule has 130 valence electrons. The first-order valence-electron chi connectivity index (χ1n) is 8.70. The molecule has 0 aliphatic carbocycles. The van der Waals surface area contributed by atoms with Crippen LogP contribution in [0.5, 0.6) is 11.5 Å². The Labute approximate surface area is 146 Å². The third-order valence-corrected chi connectivity index (χ3v) is 4.46. The Hall–Kier alpha value is -2.76. The zero-order chi connectivity index (χ0) is 17.2. The van der Waals surface area contributed by atoms with E-state index >= 15 is 0 Å². The second-order valence-corrected chi connectivity index (χ2v) is 6.24. The Morgan fingerprint density at radius 1 is 1.28 bits per heavy atom. The summed E-state index contributed by atoms with van der Waals surface area (Å²) in [7, 11) is 0. The average molecular weight is 338 g/mol. The van der Waals surface area contributed by atoms with Crippen molar-refractivity contribution in [2.45, 2.75) is 39.3 Å². The van der Waals surface area contributed by atoms with Crippen molar-refractivity contribution >= 4 is 0 Å². The molecule has 25 heavy (non-hydrogen) atoms. The standard InChI is InChI=1S/C19H22N4O2/c1-3-17-21-13(2)18(22-17)19-20-9-11-23(19)10-8-14-12-24-15-6-4-5-7-16(15)25-14/h4-7,9,11,14H,3,8,10,12H2,1-2H3,(H,21,22)/t14-/m1/s1. The Morgan fingerprint density at radius 3 is 2.92 bits per heavy atom. The molecule has 1 aliphatic rings. The first-order valence-corrected chi connectivity index (χ1v) is 8.70. The molecule has 1 aliphatic heterocycles. The molecule has 0 amide bonds. The second kappa shape index (κ2) is 6.63. The molecule has 0 radical (unpaired) electrons. The fourth-order valence-corrected chi connectivity index (χ4v) is 3.10. The molecule has 0 bridgehead atoms. The minimum absolute atomic E-state index is 0.0385. The molecule has 1 atom stereocenters. The van der Waals surface area contributed by atoms with Gasteiger partial charge in [-0.3, -0.25) is 0 Å². The van der Waals surface area contributed by atoms with E-state index in [0.29, 0.717) is 6.61 Å². The molecule has 4 rings (SSSR count). The number of benzene rings is 1. The zero-order valence-corrected chi connectivity index (χ0v) is 14.5. The summed E-state index contributed by atoms with van der Waals surface area (Å²) in [4.78, 5) is 12.5. The maximum atomic E-state index is 6.04. The van der Waals surface area contributed by atoms with E-state index in [1.807, 2.05) is 43.6 Å². The van der Waals surface area contributed by atoms with Gasteiger partial charge in [-0.25, -0.2) is 9.97 Å². The van der Waals surface area contributed by atoms with Gasteiger partial charge in [0.25, 0.3) is 0 Å². The summed E-state index contributed by atoms with van der Waals surface area (Å²) >= 11 is 0. The zero-order valence-electron chi connectivity index (χ0n) is 14.5. The maximum Gasteiger partial charge on any atom is 0.161 e. The van der Waals surface area contributed by atoms with Gasteiger partial charge in [0.15, 0.2) is 17.3 Å². The number of H-pyrrole nitrogens is 1. The van der Waals surface area contributed by atoms with Crippen molar-refractivity contribution < 1.29 is 9.47 Å². The second-order valence-electron chi connectivity index (χ2n) is 6.24. The minimum Gasteiger partial charge on any atom is -0.486 e. The highest BCUT2D eigenvalue weighted by Crippen LogP contribution is 2.31. The van der Waals surface area contributed by atoms with Gasteiger partial charge in [-0.05, 0) is 19.1 Å². The van der Waals surface area contributed by atoms with Gasteiger partial charge in [0, 0.05) is 37.5 Å². The lowest BCUT2D eigenvalue weighted by atomic mass is 10.2. The number of nitrogens with one attached hydrogen (secondary N) is 1. The third kappa shape index (κ3) is 3.12. The number of nitrogens with zero attached hydrogens (tertiary/aromatic N) is 3. The van der Waals surface area contributed by atoms with Crippen LogP contribution in [0.15, 0.2) is 36.7 Å². The fourth-order valence-electron chi connectivity index (χ4n) is 3.10. The van der Waals surface area contributed by atoms with Crippen molar-refractivity contribution in [3.05, 3.63) is 48.2 Å². The number of aryl methyl sites for hydroxylation is 3. The number of hydrogen-bond acceptors (Lipinski definition) is 4. The molecule has 3 aromatic rings. The smallest absolute Gasteiger partial charge is 0.161 e. The molecule has 3 heterocycles. The maximum absolute atomic E-state index is 6.04.